The van der Waals surface area contributed by atoms with Crippen molar-refractivity contribution >= 4 is 34.4 Å². The molecule has 0 unspecified atom stereocenters. The first-order valence-electron chi connectivity index (χ1n) is 10.1. The Hall–Kier alpha value is -3.94. The average Bonchev–Trinajstić information content (AvgIpc) is 3.04. The molecule has 8 nitrogen and oxygen atoms in total. The Morgan fingerprint density at radius 3 is 2.74 bits per heavy atom. The second-order valence-electron chi connectivity index (χ2n) is 7.25. The average molecular weight is 417 g/mol. The fourth-order valence-corrected chi connectivity index (χ4v) is 3.68. The molecule has 0 radical (unpaired) electrons. The Morgan fingerprint density at radius 1 is 1.23 bits per heavy atom. The van der Waals surface area contributed by atoms with Gasteiger partial charge in [0.25, 0.3) is 0 Å². The van der Waals surface area contributed by atoms with Gasteiger partial charge in [-0.1, -0.05) is 24.3 Å². The number of nitrogens with zero attached hydrogens (tertiary/aromatic N) is 4. The minimum atomic E-state index is -0.0856. The van der Waals surface area contributed by atoms with Crippen molar-refractivity contribution in [3.05, 3.63) is 59.2 Å². The number of phenols is 1. The van der Waals surface area contributed by atoms with Crippen molar-refractivity contribution in [1.82, 2.24) is 9.99 Å². The van der Waals surface area contributed by atoms with Crippen LogP contribution < -0.4 is 5.43 Å². The topological polar surface area (TPSA) is 112 Å². The molecule has 0 spiro atoms. The molecule has 0 saturated heterocycles. The van der Waals surface area contributed by atoms with E-state index in [0.29, 0.717) is 36.2 Å². The summed E-state index contributed by atoms with van der Waals surface area (Å²) in [5, 5.41) is 34.0. The van der Waals surface area contributed by atoms with E-state index in [1.807, 2.05) is 31.2 Å². The lowest BCUT2D eigenvalue weighted by atomic mass is 10.0. The molecule has 2 heterocycles. The van der Waals surface area contributed by atoms with Gasteiger partial charge >= 0.3 is 0 Å². The van der Waals surface area contributed by atoms with Gasteiger partial charge in [0.1, 0.15) is 5.75 Å². The van der Waals surface area contributed by atoms with E-state index in [2.05, 4.69) is 20.7 Å². The fraction of sp³-hybridized carbons (Fsp3) is 0.217. The number of phenolic OH excluding ortho intramolecular Hbond substituents is 1. The van der Waals surface area contributed by atoms with Crippen LogP contribution in [0, 0.1) is 0 Å². The summed E-state index contributed by atoms with van der Waals surface area (Å²) < 4.78 is 1.79. The van der Waals surface area contributed by atoms with Crippen LogP contribution in [0.25, 0.3) is 10.9 Å². The predicted molar refractivity (Wildman–Crippen MR) is 121 cm³/mol. The summed E-state index contributed by atoms with van der Waals surface area (Å²) in [6, 6.07) is 12.7. The third-order valence-electron chi connectivity index (χ3n) is 5.32. The number of fused-ring (bicyclic) bond motifs is 1. The molecule has 3 aromatic rings. The van der Waals surface area contributed by atoms with Gasteiger partial charge < -0.3 is 14.8 Å². The van der Waals surface area contributed by atoms with Gasteiger partial charge in [0.2, 0.25) is 11.8 Å². The number of para-hydroxylation sites is 1. The van der Waals surface area contributed by atoms with Gasteiger partial charge in [0.15, 0.2) is 0 Å². The zero-order valence-corrected chi connectivity index (χ0v) is 17.3. The van der Waals surface area contributed by atoms with Crippen molar-refractivity contribution < 1.29 is 15.0 Å². The van der Waals surface area contributed by atoms with Crippen molar-refractivity contribution in [3.8, 4) is 11.6 Å². The van der Waals surface area contributed by atoms with Crippen molar-refractivity contribution in [3.63, 3.8) is 0 Å². The molecule has 2 aromatic carbocycles. The summed E-state index contributed by atoms with van der Waals surface area (Å²) in [6.07, 6.45) is 2.50. The Kier molecular flexibility index (Phi) is 5.53. The summed E-state index contributed by atoms with van der Waals surface area (Å²) in [5.41, 5.74) is 6.80. The summed E-state index contributed by atoms with van der Waals surface area (Å²) >= 11 is 0. The van der Waals surface area contributed by atoms with Crippen LogP contribution in [0.3, 0.4) is 0 Å². The van der Waals surface area contributed by atoms with Gasteiger partial charge in [-0.15, -0.1) is 0 Å². The quantitative estimate of drug-likeness (QED) is 0.436. The van der Waals surface area contributed by atoms with E-state index < -0.39 is 0 Å². The highest BCUT2D eigenvalue weighted by molar-refractivity contribution is 6.09. The first-order valence-corrected chi connectivity index (χ1v) is 10.1. The molecule has 0 bridgehead atoms. The second-order valence-corrected chi connectivity index (χ2v) is 7.25. The SMILES string of the molecule is CCn1c(O)c(/C=N/N=C(\C)c2ccccc2O)c2ccc(C3=NNC(=O)CC3)cc21. The summed E-state index contributed by atoms with van der Waals surface area (Å²) in [4.78, 5) is 11.4. The lowest BCUT2D eigenvalue weighted by molar-refractivity contribution is -0.121. The normalized spacial score (nSPS) is 14.8. The molecular formula is C23H23N5O3. The van der Waals surface area contributed by atoms with Crippen LogP contribution in [0.4, 0.5) is 0 Å². The molecule has 158 valence electrons. The lowest BCUT2D eigenvalue weighted by Gasteiger charge is -2.12. The third-order valence-corrected chi connectivity index (χ3v) is 5.32. The minimum absolute atomic E-state index is 0.0856. The smallest absolute Gasteiger partial charge is 0.240 e. The number of amides is 1. The molecule has 8 heteroatoms. The van der Waals surface area contributed by atoms with Crippen LogP contribution in [0.2, 0.25) is 0 Å². The van der Waals surface area contributed by atoms with Crippen LogP contribution in [0.1, 0.15) is 43.4 Å². The van der Waals surface area contributed by atoms with Gasteiger partial charge in [-0.25, -0.2) is 5.43 Å². The van der Waals surface area contributed by atoms with Crippen LogP contribution in [0.5, 0.6) is 11.6 Å². The zero-order valence-electron chi connectivity index (χ0n) is 17.3. The second kappa shape index (κ2) is 8.43. The number of carbonyl (C=O) groups excluding carboxylic acids is 1. The molecule has 1 amide bonds. The highest BCUT2D eigenvalue weighted by atomic mass is 16.3. The molecule has 31 heavy (non-hydrogen) atoms. The van der Waals surface area contributed by atoms with E-state index in [0.717, 1.165) is 22.2 Å². The van der Waals surface area contributed by atoms with Crippen LogP contribution in [-0.2, 0) is 11.3 Å². The van der Waals surface area contributed by atoms with E-state index >= 15 is 0 Å². The Bertz CT molecular complexity index is 1250. The predicted octanol–water partition coefficient (Wildman–Crippen LogP) is 3.53. The molecule has 4 rings (SSSR count). The highest BCUT2D eigenvalue weighted by Crippen LogP contribution is 2.31. The van der Waals surface area contributed by atoms with Crippen LogP contribution >= 0.6 is 0 Å². The first kappa shape index (κ1) is 20.3. The standard InChI is InChI=1S/C23H23N5O3/c1-3-28-20-12-15(19-10-11-22(30)27-26-19)8-9-17(20)18(23(28)31)13-24-25-14(2)16-6-4-5-7-21(16)29/h4-9,12-13,29,31H,3,10-11H2,1-2H3,(H,27,30)/b24-13+,25-14+. The van der Waals surface area contributed by atoms with Gasteiger partial charge in [-0.3, -0.25) is 4.79 Å². The number of aromatic hydroxyl groups is 2. The van der Waals surface area contributed by atoms with E-state index in [1.54, 1.807) is 29.7 Å². The van der Waals surface area contributed by atoms with E-state index in [-0.39, 0.29) is 17.5 Å². The van der Waals surface area contributed by atoms with Crippen molar-refractivity contribution in [2.75, 3.05) is 0 Å². The van der Waals surface area contributed by atoms with Gasteiger partial charge in [0, 0.05) is 30.3 Å². The molecule has 0 saturated carbocycles. The zero-order chi connectivity index (χ0) is 22.0. The van der Waals surface area contributed by atoms with E-state index in [4.69, 9.17) is 0 Å². The van der Waals surface area contributed by atoms with Gasteiger partial charge in [0.05, 0.1) is 28.7 Å². The molecular weight excluding hydrogens is 394 g/mol. The Balaban J connectivity index is 1.71. The number of hydrogen-bond acceptors (Lipinski definition) is 6. The third kappa shape index (κ3) is 3.92. The number of hydrogen-bond donors (Lipinski definition) is 3. The first-order chi connectivity index (χ1) is 15.0. The summed E-state index contributed by atoms with van der Waals surface area (Å²) in [7, 11) is 0. The number of aryl methyl sites for hydroxylation is 1. The van der Waals surface area contributed by atoms with Gasteiger partial charge in [-0.2, -0.15) is 15.3 Å². The molecule has 3 N–H and O–H groups in total. The molecule has 1 aliphatic rings. The van der Waals surface area contributed by atoms with Crippen LogP contribution in [-0.4, -0.2) is 38.3 Å². The number of benzene rings is 2. The minimum Gasteiger partial charge on any atom is -0.507 e. The fourth-order valence-electron chi connectivity index (χ4n) is 3.68. The molecule has 0 aliphatic carbocycles. The van der Waals surface area contributed by atoms with Crippen LogP contribution in [0.15, 0.2) is 57.8 Å². The Morgan fingerprint density at radius 2 is 2.03 bits per heavy atom. The Labute approximate surface area is 179 Å². The molecule has 0 fully saturated rings. The molecule has 1 aliphatic heterocycles. The monoisotopic (exact) mass is 417 g/mol. The van der Waals surface area contributed by atoms with Crippen molar-refractivity contribution in [1.29, 1.82) is 0 Å². The van der Waals surface area contributed by atoms with Crippen molar-refractivity contribution in [2.24, 2.45) is 15.3 Å². The van der Waals surface area contributed by atoms with Crippen molar-refractivity contribution in [2.45, 2.75) is 33.2 Å². The summed E-state index contributed by atoms with van der Waals surface area (Å²) in [6.45, 7) is 4.28. The lowest BCUT2D eigenvalue weighted by Crippen LogP contribution is -2.25. The number of aromatic nitrogens is 1. The largest absolute Gasteiger partial charge is 0.507 e. The number of hydrazone groups is 1. The highest BCUT2D eigenvalue weighted by Gasteiger charge is 2.18. The number of carbonyl (C=O) groups is 1. The summed E-state index contributed by atoms with van der Waals surface area (Å²) in [5.74, 6) is 0.156. The number of rotatable bonds is 5. The maximum atomic E-state index is 11.4. The van der Waals surface area contributed by atoms with E-state index in [1.165, 1.54) is 6.21 Å². The maximum Gasteiger partial charge on any atom is 0.240 e. The molecule has 1 aromatic heterocycles. The van der Waals surface area contributed by atoms with Gasteiger partial charge in [-0.05, 0) is 37.6 Å². The molecule has 0 atom stereocenters. The maximum absolute atomic E-state index is 11.4. The van der Waals surface area contributed by atoms with E-state index in [9.17, 15) is 15.0 Å². The number of nitrogens with one attached hydrogen (secondary N) is 1.